The van der Waals surface area contributed by atoms with Crippen molar-refractivity contribution in [1.82, 2.24) is 0 Å². The summed E-state index contributed by atoms with van der Waals surface area (Å²) in [5.74, 6) is 0. The van der Waals surface area contributed by atoms with Crippen LogP contribution in [-0.4, -0.2) is 12.3 Å². The molecule has 0 saturated carbocycles. The lowest BCUT2D eigenvalue weighted by Crippen LogP contribution is -2.25. The summed E-state index contributed by atoms with van der Waals surface area (Å²) in [6.07, 6.45) is 5.59. The second-order valence-corrected chi connectivity index (χ2v) is 4.12. The van der Waals surface area contributed by atoms with Crippen molar-refractivity contribution in [1.29, 1.82) is 0 Å². The third-order valence-electron chi connectivity index (χ3n) is 2.93. The molecule has 86 valence electrons. The highest BCUT2D eigenvalue weighted by atomic mass is 16.3. The van der Waals surface area contributed by atoms with Crippen LogP contribution < -0.4 is 5.01 Å². The molecule has 3 nitrogen and oxygen atoms in total. The summed E-state index contributed by atoms with van der Waals surface area (Å²) in [4.78, 5) is 0. The van der Waals surface area contributed by atoms with Crippen LogP contribution in [0.2, 0.25) is 0 Å². The summed E-state index contributed by atoms with van der Waals surface area (Å²) in [6.45, 7) is 0.978. The van der Waals surface area contributed by atoms with Crippen molar-refractivity contribution in [2.75, 3.05) is 11.6 Å². The van der Waals surface area contributed by atoms with Gasteiger partial charge >= 0.3 is 0 Å². The highest BCUT2D eigenvalue weighted by Gasteiger charge is 2.15. The number of furan rings is 1. The molecule has 17 heavy (non-hydrogen) atoms. The molecule has 0 atom stereocenters. The van der Waals surface area contributed by atoms with Crippen LogP contribution in [0.15, 0.2) is 58.4 Å². The van der Waals surface area contributed by atoms with E-state index in [2.05, 4.69) is 22.2 Å². The van der Waals surface area contributed by atoms with Gasteiger partial charge in [-0.3, -0.25) is 5.01 Å². The van der Waals surface area contributed by atoms with Gasteiger partial charge in [0.1, 0.15) is 0 Å². The summed E-state index contributed by atoms with van der Waals surface area (Å²) < 4.78 is 5.11. The van der Waals surface area contributed by atoms with E-state index in [0.717, 1.165) is 36.3 Å². The Morgan fingerprint density at radius 3 is 2.76 bits per heavy atom. The number of hydrogen-bond donors (Lipinski definition) is 0. The van der Waals surface area contributed by atoms with Gasteiger partial charge in [0, 0.05) is 12.1 Å². The van der Waals surface area contributed by atoms with E-state index < -0.39 is 0 Å². The zero-order valence-electron chi connectivity index (χ0n) is 9.54. The van der Waals surface area contributed by atoms with E-state index in [0.29, 0.717) is 0 Å². The predicted molar refractivity (Wildman–Crippen MR) is 68.3 cm³/mol. The van der Waals surface area contributed by atoms with Crippen molar-refractivity contribution >= 4 is 11.4 Å². The van der Waals surface area contributed by atoms with Gasteiger partial charge in [-0.15, -0.1) is 0 Å². The van der Waals surface area contributed by atoms with Gasteiger partial charge in [-0.25, -0.2) is 0 Å². The molecule has 0 saturated heterocycles. The minimum absolute atomic E-state index is 0.978. The molecule has 0 amide bonds. The van der Waals surface area contributed by atoms with E-state index in [4.69, 9.17) is 4.42 Å². The van der Waals surface area contributed by atoms with E-state index in [1.54, 1.807) is 12.5 Å². The predicted octanol–water partition coefficient (Wildman–Crippen LogP) is 3.28. The second kappa shape index (κ2) is 4.45. The number of nitrogens with zero attached hydrogens (tertiary/aromatic N) is 2. The monoisotopic (exact) mass is 226 g/mol. The molecule has 0 fully saturated rings. The van der Waals surface area contributed by atoms with Crippen LogP contribution in [0.25, 0.3) is 0 Å². The van der Waals surface area contributed by atoms with Crippen LogP contribution in [0.3, 0.4) is 0 Å². The lowest BCUT2D eigenvalue weighted by atomic mass is 10.1. The first kappa shape index (κ1) is 10.1. The maximum Gasteiger partial charge on any atom is 0.0993 e. The van der Waals surface area contributed by atoms with Crippen LogP contribution in [-0.2, 0) is 0 Å². The largest absolute Gasteiger partial charge is 0.472 e. The molecule has 0 spiro atoms. The van der Waals surface area contributed by atoms with Crippen LogP contribution in [0, 0.1) is 0 Å². The molecule has 1 aromatic carbocycles. The van der Waals surface area contributed by atoms with Crippen LogP contribution in [0.5, 0.6) is 0 Å². The average Bonchev–Trinajstić information content (AvgIpc) is 2.94. The first-order valence-corrected chi connectivity index (χ1v) is 5.86. The number of rotatable bonds is 2. The quantitative estimate of drug-likeness (QED) is 0.786. The zero-order valence-corrected chi connectivity index (χ0v) is 9.54. The van der Waals surface area contributed by atoms with Crippen LogP contribution >= 0.6 is 0 Å². The Kier molecular flexibility index (Phi) is 2.66. The molecule has 0 N–H and O–H groups in total. The Bertz CT molecular complexity index is 502. The Morgan fingerprint density at radius 1 is 1.12 bits per heavy atom. The molecule has 1 aromatic heterocycles. The molecule has 0 aliphatic carbocycles. The molecule has 3 heteroatoms. The van der Waals surface area contributed by atoms with Crippen molar-refractivity contribution in [3.8, 4) is 0 Å². The van der Waals surface area contributed by atoms with Gasteiger partial charge < -0.3 is 4.42 Å². The van der Waals surface area contributed by atoms with Crippen molar-refractivity contribution in [3.63, 3.8) is 0 Å². The Labute approximate surface area is 100 Å². The first-order chi connectivity index (χ1) is 8.43. The van der Waals surface area contributed by atoms with E-state index >= 15 is 0 Å². The lowest BCUT2D eigenvalue weighted by molar-refractivity contribution is 0.566. The van der Waals surface area contributed by atoms with Gasteiger partial charge in [0.05, 0.1) is 23.9 Å². The SMILES string of the molecule is c1ccc(N2CCCC(c3ccoc3)=N2)cc1. The van der Waals surface area contributed by atoms with Gasteiger partial charge in [-0.05, 0) is 31.0 Å². The molecular formula is C14H14N2O. The standard InChI is InChI=1S/C14H14N2O/c1-2-5-13(6-3-1)16-9-4-7-14(15-16)12-8-10-17-11-12/h1-3,5-6,8,10-11H,4,7,9H2. The molecule has 1 aliphatic heterocycles. The fourth-order valence-corrected chi connectivity index (χ4v) is 2.06. The fourth-order valence-electron chi connectivity index (χ4n) is 2.06. The van der Waals surface area contributed by atoms with Crippen LogP contribution in [0.4, 0.5) is 5.69 Å². The summed E-state index contributed by atoms with van der Waals surface area (Å²) in [5, 5.41) is 6.75. The number of para-hydroxylation sites is 1. The molecule has 2 heterocycles. The summed E-state index contributed by atoms with van der Waals surface area (Å²) in [5.41, 5.74) is 3.34. The molecule has 3 rings (SSSR count). The van der Waals surface area contributed by atoms with Gasteiger partial charge in [0.25, 0.3) is 0 Å². The van der Waals surface area contributed by atoms with Crippen LogP contribution in [0.1, 0.15) is 18.4 Å². The van der Waals surface area contributed by atoms with E-state index in [1.165, 1.54) is 0 Å². The molecule has 1 aliphatic rings. The molecule has 0 bridgehead atoms. The maximum absolute atomic E-state index is 5.11. The minimum atomic E-state index is 0.978. The third-order valence-corrected chi connectivity index (χ3v) is 2.93. The van der Waals surface area contributed by atoms with Crippen molar-refractivity contribution < 1.29 is 4.42 Å². The highest BCUT2D eigenvalue weighted by molar-refractivity contribution is 6.01. The average molecular weight is 226 g/mol. The molecular weight excluding hydrogens is 212 g/mol. The summed E-state index contributed by atoms with van der Waals surface area (Å²) in [6, 6.07) is 12.2. The third kappa shape index (κ3) is 2.09. The number of hydrogen-bond acceptors (Lipinski definition) is 3. The Morgan fingerprint density at radius 2 is 2.00 bits per heavy atom. The molecule has 0 unspecified atom stereocenters. The van der Waals surface area contributed by atoms with E-state index in [-0.39, 0.29) is 0 Å². The first-order valence-electron chi connectivity index (χ1n) is 5.86. The Hall–Kier alpha value is -2.03. The summed E-state index contributed by atoms with van der Waals surface area (Å²) in [7, 11) is 0. The fraction of sp³-hybridized carbons (Fsp3) is 0.214. The van der Waals surface area contributed by atoms with Gasteiger partial charge in [-0.1, -0.05) is 18.2 Å². The number of anilines is 1. The van der Waals surface area contributed by atoms with Gasteiger partial charge in [-0.2, -0.15) is 5.10 Å². The van der Waals surface area contributed by atoms with Crippen molar-refractivity contribution in [2.24, 2.45) is 5.10 Å². The maximum atomic E-state index is 5.11. The normalized spacial score (nSPS) is 15.8. The van der Waals surface area contributed by atoms with E-state index in [1.807, 2.05) is 24.3 Å². The highest BCUT2D eigenvalue weighted by Crippen LogP contribution is 2.20. The topological polar surface area (TPSA) is 28.7 Å². The second-order valence-electron chi connectivity index (χ2n) is 4.12. The van der Waals surface area contributed by atoms with Crippen molar-refractivity contribution in [2.45, 2.75) is 12.8 Å². The van der Waals surface area contributed by atoms with Crippen molar-refractivity contribution in [3.05, 3.63) is 54.5 Å². The lowest BCUT2D eigenvalue weighted by Gasteiger charge is -2.24. The smallest absolute Gasteiger partial charge is 0.0993 e. The van der Waals surface area contributed by atoms with Gasteiger partial charge in [0.2, 0.25) is 0 Å². The Balaban J connectivity index is 1.90. The minimum Gasteiger partial charge on any atom is -0.472 e. The number of hydrazone groups is 1. The molecule has 2 aromatic rings. The number of benzene rings is 1. The molecule has 0 radical (unpaired) electrons. The van der Waals surface area contributed by atoms with E-state index in [9.17, 15) is 0 Å². The summed E-state index contributed by atoms with van der Waals surface area (Å²) >= 11 is 0. The zero-order chi connectivity index (χ0) is 11.5. The van der Waals surface area contributed by atoms with Gasteiger partial charge in [0.15, 0.2) is 0 Å².